The molecule has 0 bridgehead atoms. The van der Waals surface area contributed by atoms with Gasteiger partial charge in [0.2, 0.25) is 0 Å². The zero-order chi connectivity index (χ0) is 27.4. The van der Waals surface area contributed by atoms with Crippen LogP contribution in [-0.4, -0.2) is 49.9 Å². The average molecular weight is 772 g/mol. The van der Waals surface area contributed by atoms with Crippen LogP contribution in [0.25, 0.3) is 0 Å². The summed E-state index contributed by atoms with van der Waals surface area (Å²) in [6, 6.07) is 0. The van der Waals surface area contributed by atoms with Crippen LogP contribution in [0.1, 0.15) is 0 Å². The van der Waals surface area contributed by atoms with Crippen molar-refractivity contribution in [1.82, 2.24) is 0 Å². The largest absolute Gasteiger partial charge is 0.449 e. The number of hydrogen-bond donors (Lipinski definition) is 0. The van der Waals surface area contributed by atoms with E-state index in [4.69, 9.17) is 12.3 Å². The third-order valence-corrected chi connectivity index (χ3v) is 23.1. The summed E-state index contributed by atoms with van der Waals surface area (Å²) in [6.45, 7) is 48.5. The van der Waals surface area contributed by atoms with Crippen molar-refractivity contribution in [3.63, 3.8) is 0 Å². The van der Waals surface area contributed by atoms with Crippen molar-refractivity contribution in [3.05, 3.63) is 73.7 Å². The van der Waals surface area contributed by atoms with E-state index in [-0.39, 0.29) is 40.8 Å². The van der Waals surface area contributed by atoms with Gasteiger partial charge in [-0.3, -0.25) is 0 Å². The van der Waals surface area contributed by atoms with Gasteiger partial charge in [0.25, 0.3) is 0 Å². The van der Waals surface area contributed by atoms with E-state index in [1.165, 1.54) is 0 Å². The van der Waals surface area contributed by atoms with Gasteiger partial charge in [0.1, 0.15) is 0 Å². The standard InChI is InChI=1S/3C8H18OSi2.2Pd/c3*1-7-10(3,4)9-11(5,6)8-2;;/h3*7-8H,1-2H2,3-6H3;;. The molecule has 0 radical (unpaired) electrons. The van der Waals surface area contributed by atoms with Gasteiger partial charge in [-0.15, -0.1) is 39.5 Å². The third kappa shape index (κ3) is 27.8. The first-order valence-electron chi connectivity index (χ1n) is 11.4. The zero-order valence-corrected chi connectivity index (χ0v) is 33.7. The Hall–Kier alpha value is 0.946. The molecule has 0 fully saturated rings. The zero-order valence-electron chi connectivity index (χ0n) is 24.6. The van der Waals surface area contributed by atoms with Crippen LogP contribution in [0, 0.1) is 0 Å². The van der Waals surface area contributed by atoms with Crippen molar-refractivity contribution >= 4 is 49.9 Å². The maximum atomic E-state index is 5.97. The second-order valence-corrected chi connectivity index (χ2v) is 35.3. The average Bonchev–Trinajstić information content (AvgIpc) is 2.67. The Kier molecular flexibility index (Phi) is 25.0. The molecule has 0 atom stereocenters. The quantitative estimate of drug-likeness (QED) is 0.186. The first-order valence-corrected chi connectivity index (χ1v) is 29.3. The molecule has 0 saturated carbocycles. The smallest absolute Gasteiger partial charge is 0.198 e. The van der Waals surface area contributed by atoms with Crippen LogP contribution in [0.3, 0.4) is 0 Å². The number of rotatable bonds is 12. The van der Waals surface area contributed by atoms with Gasteiger partial charge in [0.05, 0.1) is 0 Å². The van der Waals surface area contributed by atoms with Crippen molar-refractivity contribution in [2.24, 2.45) is 0 Å². The Morgan fingerprint density at radius 2 is 0.400 bits per heavy atom. The fraction of sp³-hybridized carbons (Fsp3) is 0.500. The summed E-state index contributed by atoms with van der Waals surface area (Å²) in [5.41, 5.74) is 11.8. The minimum Gasteiger partial charge on any atom is -0.449 e. The van der Waals surface area contributed by atoms with E-state index in [0.29, 0.717) is 0 Å². The van der Waals surface area contributed by atoms with Crippen LogP contribution in [0.2, 0.25) is 78.6 Å². The summed E-state index contributed by atoms with van der Waals surface area (Å²) in [7, 11) is -9.48. The maximum absolute atomic E-state index is 5.97. The molecule has 0 amide bonds. The van der Waals surface area contributed by atoms with Crippen LogP contribution in [0.4, 0.5) is 0 Å². The molecule has 0 unspecified atom stereocenters. The SMILES string of the molecule is C=C[Si](C)(C)O[Si](C)(C)C=C.C=C[Si](C)(C)O[Si](C)(C)C=C.C=C[Si](C)(C)O[Si](C)(C)C=C.[Pd].[Pd]. The van der Waals surface area contributed by atoms with Crippen molar-refractivity contribution in [2.75, 3.05) is 0 Å². The van der Waals surface area contributed by atoms with Gasteiger partial charge < -0.3 is 12.3 Å². The molecule has 0 rings (SSSR count). The maximum Gasteiger partial charge on any atom is 0.198 e. The first kappa shape index (κ1) is 45.8. The molecule has 0 N–H and O–H groups in total. The van der Waals surface area contributed by atoms with Crippen LogP contribution in [0.15, 0.2) is 73.7 Å². The summed E-state index contributed by atoms with van der Waals surface area (Å²) >= 11 is 0. The van der Waals surface area contributed by atoms with Gasteiger partial charge in [-0.1, -0.05) is 34.2 Å². The van der Waals surface area contributed by atoms with Gasteiger partial charge in [-0.2, -0.15) is 0 Å². The van der Waals surface area contributed by atoms with Gasteiger partial charge in [-0.25, -0.2) is 0 Å². The summed E-state index contributed by atoms with van der Waals surface area (Å²) in [6.07, 6.45) is 0. The van der Waals surface area contributed by atoms with E-state index in [9.17, 15) is 0 Å². The summed E-state index contributed by atoms with van der Waals surface area (Å²) in [5, 5.41) is 0. The second-order valence-electron chi connectivity index (χ2n) is 11.2. The molecule has 0 spiro atoms. The molecule has 0 saturated heterocycles. The minimum atomic E-state index is -1.58. The molecular formula is C24H54O3Pd2Si6. The van der Waals surface area contributed by atoms with Crippen molar-refractivity contribution in [3.8, 4) is 0 Å². The molecular weight excluding hydrogens is 718 g/mol. The molecule has 11 heteroatoms. The molecule has 0 aromatic rings. The summed E-state index contributed by atoms with van der Waals surface area (Å²) in [5.74, 6) is 0. The Morgan fingerprint density at radius 3 is 0.457 bits per heavy atom. The van der Waals surface area contributed by atoms with Gasteiger partial charge in [0, 0.05) is 40.8 Å². The molecule has 0 aliphatic carbocycles. The topological polar surface area (TPSA) is 27.7 Å². The Morgan fingerprint density at radius 1 is 0.314 bits per heavy atom. The molecule has 0 aromatic heterocycles. The van der Waals surface area contributed by atoms with E-state index in [1.807, 2.05) is 34.2 Å². The first-order chi connectivity index (χ1) is 14.5. The monoisotopic (exact) mass is 770 g/mol. The van der Waals surface area contributed by atoms with Crippen LogP contribution >= 0.6 is 0 Å². The van der Waals surface area contributed by atoms with E-state index < -0.39 is 49.9 Å². The summed E-state index contributed by atoms with van der Waals surface area (Å²) in [4.78, 5) is 0. The van der Waals surface area contributed by atoms with Crippen LogP contribution < -0.4 is 0 Å². The Labute approximate surface area is 253 Å². The van der Waals surface area contributed by atoms with E-state index in [2.05, 4.69) is 118 Å². The molecule has 35 heavy (non-hydrogen) atoms. The van der Waals surface area contributed by atoms with Crippen molar-refractivity contribution in [2.45, 2.75) is 78.6 Å². The predicted molar refractivity (Wildman–Crippen MR) is 169 cm³/mol. The molecule has 0 aromatic carbocycles. The molecule has 212 valence electrons. The minimum absolute atomic E-state index is 0. The fourth-order valence-electron chi connectivity index (χ4n) is 2.28. The van der Waals surface area contributed by atoms with E-state index in [0.717, 1.165) is 0 Å². The third-order valence-electron chi connectivity index (χ3n) is 4.53. The second kappa shape index (κ2) is 19.1. The number of hydrogen-bond acceptors (Lipinski definition) is 3. The van der Waals surface area contributed by atoms with Gasteiger partial charge in [0.15, 0.2) is 49.9 Å². The van der Waals surface area contributed by atoms with E-state index >= 15 is 0 Å². The van der Waals surface area contributed by atoms with Crippen LogP contribution in [0.5, 0.6) is 0 Å². The Bertz CT molecular complexity index is 532. The van der Waals surface area contributed by atoms with Gasteiger partial charge >= 0.3 is 0 Å². The molecule has 0 aliphatic rings. The van der Waals surface area contributed by atoms with Crippen molar-refractivity contribution < 1.29 is 53.2 Å². The fourth-order valence-corrected chi connectivity index (χ4v) is 20.6. The molecule has 3 nitrogen and oxygen atoms in total. The van der Waals surface area contributed by atoms with E-state index in [1.54, 1.807) is 0 Å². The predicted octanol–water partition coefficient (Wildman–Crippen LogP) is 8.59. The van der Waals surface area contributed by atoms with Crippen molar-refractivity contribution in [1.29, 1.82) is 0 Å². The normalized spacial score (nSPS) is 12.0. The summed E-state index contributed by atoms with van der Waals surface area (Å²) < 4.78 is 17.9. The van der Waals surface area contributed by atoms with Gasteiger partial charge in [-0.05, 0) is 78.6 Å². The molecule has 0 heterocycles. The molecule has 0 aliphatic heterocycles. The van der Waals surface area contributed by atoms with Crippen LogP contribution in [-0.2, 0) is 53.2 Å². The Balaban J connectivity index is -0.000000125.